The number of carbonyl (C=O) groups is 2. The van der Waals surface area contributed by atoms with Gasteiger partial charge in [-0.2, -0.15) is 0 Å². The maximum Gasteiger partial charge on any atom is 0.301 e. The van der Waals surface area contributed by atoms with Gasteiger partial charge in [0.15, 0.2) is 5.13 Å². The van der Waals surface area contributed by atoms with Gasteiger partial charge in [-0.15, -0.1) is 0 Å². The van der Waals surface area contributed by atoms with Crippen molar-refractivity contribution in [1.82, 2.24) is 9.97 Å². The number of fused-ring (bicyclic) bond motifs is 1. The number of pyridine rings is 1. The fraction of sp³-hybridized carbons (Fsp3) is 0.120. The number of ether oxygens (including phenoxy) is 1. The zero-order valence-corrected chi connectivity index (χ0v) is 20.6. The number of amides is 1. The molecule has 10 heteroatoms. The van der Waals surface area contributed by atoms with Crippen molar-refractivity contribution in [3.63, 3.8) is 0 Å². The van der Waals surface area contributed by atoms with E-state index in [-0.39, 0.29) is 21.9 Å². The summed E-state index contributed by atoms with van der Waals surface area (Å²) in [5, 5.41) is 12.0. The molecule has 0 aliphatic carbocycles. The Hall–Kier alpha value is -3.46. The molecule has 1 atom stereocenters. The van der Waals surface area contributed by atoms with Crippen molar-refractivity contribution in [2.45, 2.75) is 13.0 Å². The van der Waals surface area contributed by atoms with Crippen LogP contribution in [-0.2, 0) is 9.59 Å². The first-order valence-corrected chi connectivity index (χ1v) is 12.2. The van der Waals surface area contributed by atoms with E-state index in [1.54, 1.807) is 36.5 Å². The van der Waals surface area contributed by atoms with Crippen molar-refractivity contribution in [3.8, 4) is 5.75 Å². The second kappa shape index (κ2) is 9.30. The highest BCUT2D eigenvalue weighted by Crippen LogP contribution is 2.44. The third-order valence-electron chi connectivity index (χ3n) is 5.47. The lowest BCUT2D eigenvalue weighted by molar-refractivity contribution is -0.132. The Morgan fingerprint density at radius 1 is 1.11 bits per heavy atom. The van der Waals surface area contributed by atoms with E-state index in [0.29, 0.717) is 33.7 Å². The molecule has 2 aromatic carbocycles. The molecule has 35 heavy (non-hydrogen) atoms. The van der Waals surface area contributed by atoms with Gasteiger partial charge in [-0.1, -0.05) is 40.6 Å². The summed E-state index contributed by atoms with van der Waals surface area (Å²) in [6, 6.07) is 14.1. The fourth-order valence-electron chi connectivity index (χ4n) is 3.90. The average molecular weight is 526 g/mol. The van der Waals surface area contributed by atoms with Crippen molar-refractivity contribution in [2.75, 3.05) is 11.5 Å². The summed E-state index contributed by atoms with van der Waals surface area (Å²) in [5.74, 6) is -1.36. The summed E-state index contributed by atoms with van der Waals surface area (Å²) < 4.78 is 6.36. The molecular weight excluding hydrogens is 509 g/mol. The lowest BCUT2D eigenvalue weighted by Crippen LogP contribution is -2.29. The number of aliphatic hydroxyl groups excluding tert-OH is 1. The number of anilines is 1. The van der Waals surface area contributed by atoms with Crippen molar-refractivity contribution >= 4 is 67.3 Å². The Morgan fingerprint density at radius 3 is 2.66 bits per heavy atom. The maximum atomic E-state index is 13.3. The Bertz CT molecular complexity index is 1500. The van der Waals surface area contributed by atoms with Crippen molar-refractivity contribution in [1.29, 1.82) is 0 Å². The van der Waals surface area contributed by atoms with Crippen LogP contribution in [0.2, 0.25) is 10.0 Å². The molecule has 3 heterocycles. The highest BCUT2D eigenvalue weighted by molar-refractivity contribution is 7.22. The zero-order valence-electron chi connectivity index (χ0n) is 18.2. The van der Waals surface area contributed by atoms with Crippen molar-refractivity contribution in [2.24, 2.45) is 0 Å². The van der Waals surface area contributed by atoms with E-state index in [1.165, 1.54) is 34.4 Å². The molecule has 4 aromatic rings. The van der Waals surface area contributed by atoms with Gasteiger partial charge in [-0.3, -0.25) is 19.5 Å². The van der Waals surface area contributed by atoms with Crippen molar-refractivity contribution in [3.05, 3.63) is 87.7 Å². The number of aromatic nitrogens is 2. The molecule has 1 aliphatic heterocycles. The molecule has 7 nitrogen and oxygen atoms in total. The number of nitrogens with zero attached hydrogens (tertiary/aromatic N) is 3. The van der Waals surface area contributed by atoms with Crippen LogP contribution in [0, 0.1) is 0 Å². The van der Waals surface area contributed by atoms with E-state index in [4.69, 9.17) is 27.9 Å². The lowest BCUT2D eigenvalue weighted by Gasteiger charge is -2.22. The first-order valence-electron chi connectivity index (χ1n) is 10.6. The van der Waals surface area contributed by atoms with Gasteiger partial charge >= 0.3 is 5.91 Å². The Morgan fingerprint density at radius 2 is 1.94 bits per heavy atom. The summed E-state index contributed by atoms with van der Waals surface area (Å²) in [6.07, 6.45) is 1.56. The normalized spacial score (nSPS) is 17.3. The minimum Gasteiger partial charge on any atom is -0.507 e. The number of hydrogen-bond donors (Lipinski definition) is 1. The van der Waals surface area contributed by atoms with Gasteiger partial charge < -0.3 is 9.84 Å². The predicted molar refractivity (Wildman–Crippen MR) is 136 cm³/mol. The molecule has 0 bridgehead atoms. The standard InChI is InChI=1S/C25H17Cl2N3O4S/c1-2-34-14-7-9-17-19(12-14)35-25(29-17)30-21(18-5-3-4-10-28-18)20(23(32)24(30)33)22(31)13-6-8-15(26)16(27)11-13/h3-12,21,31H,2H2,1H3/b22-20+. The van der Waals surface area contributed by atoms with Gasteiger partial charge in [0.25, 0.3) is 5.78 Å². The van der Waals surface area contributed by atoms with Crippen molar-refractivity contribution < 1.29 is 19.4 Å². The number of rotatable bonds is 5. The number of hydrogen-bond acceptors (Lipinski definition) is 7. The van der Waals surface area contributed by atoms with Gasteiger partial charge in [-0.05, 0) is 55.5 Å². The third kappa shape index (κ3) is 4.14. The smallest absolute Gasteiger partial charge is 0.301 e. The second-order valence-corrected chi connectivity index (χ2v) is 9.44. The fourth-order valence-corrected chi connectivity index (χ4v) is 5.22. The summed E-state index contributed by atoms with van der Waals surface area (Å²) in [7, 11) is 0. The van der Waals surface area contributed by atoms with Crippen LogP contribution in [0.1, 0.15) is 24.2 Å². The van der Waals surface area contributed by atoms with E-state index in [9.17, 15) is 14.7 Å². The van der Waals surface area contributed by atoms with Gasteiger partial charge in [0.1, 0.15) is 17.6 Å². The SMILES string of the molecule is CCOc1ccc2nc(N3C(=O)C(=O)/C(=C(/O)c4ccc(Cl)c(Cl)c4)C3c3ccccn3)sc2c1. The van der Waals surface area contributed by atoms with E-state index >= 15 is 0 Å². The molecule has 1 saturated heterocycles. The van der Waals surface area contributed by atoms with Crippen LogP contribution in [-0.4, -0.2) is 33.4 Å². The summed E-state index contributed by atoms with van der Waals surface area (Å²) in [4.78, 5) is 36.8. The monoisotopic (exact) mass is 525 g/mol. The Labute approximate surface area is 214 Å². The van der Waals surface area contributed by atoms with E-state index < -0.39 is 17.7 Å². The molecule has 2 aromatic heterocycles. The number of halogens is 2. The second-order valence-electron chi connectivity index (χ2n) is 7.61. The van der Waals surface area contributed by atoms with Crippen LogP contribution in [0.25, 0.3) is 16.0 Å². The van der Waals surface area contributed by atoms with Gasteiger partial charge in [0.2, 0.25) is 0 Å². The van der Waals surface area contributed by atoms with Crippen LogP contribution >= 0.6 is 34.5 Å². The number of benzene rings is 2. The van der Waals surface area contributed by atoms with E-state index in [1.807, 2.05) is 13.0 Å². The van der Waals surface area contributed by atoms with Crippen LogP contribution in [0.3, 0.4) is 0 Å². The largest absolute Gasteiger partial charge is 0.507 e. The molecule has 1 amide bonds. The summed E-state index contributed by atoms with van der Waals surface area (Å²) in [6.45, 7) is 2.41. The molecule has 0 saturated carbocycles. The van der Waals surface area contributed by atoms with E-state index in [2.05, 4.69) is 9.97 Å². The molecule has 176 valence electrons. The molecule has 1 unspecified atom stereocenters. The third-order valence-corrected chi connectivity index (χ3v) is 7.23. The Kier molecular flexibility index (Phi) is 6.19. The number of ketones is 1. The number of aliphatic hydroxyl groups is 1. The topological polar surface area (TPSA) is 92.6 Å². The maximum absolute atomic E-state index is 13.3. The van der Waals surface area contributed by atoms with Crippen LogP contribution < -0.4 is 9.64 Å². The molecule has 5 rings (SSSR count). The first-order chi connectivity index (χ1) is 16.9. The minimum atomic E-state index is -0.988. The average Bonchev–Trinajstić information content (AvgIpc) is 3.39. The van der Waals surface area contributed by atoms with E-state index in [0.717, 1.165) is 4.70 Å². The summed E-state index contributed by atoms with van der Waals surface area (Å²) >= 11 is 13.4. The first kappa shape index (κ1) is 23.3. The molecule has 0 radical (unpaired) electrons. The molecule has 0 spiro atoms. The summed E-state index contributed by atoms with van der Waals surface area (Å²) in [5.41, 5.74) is 1.20. The minimum absolute atomic E-state index is 0.110. The number of carbonyl (C=O) groups excluding carboxylic acids is 2. The molecular formula is C25H17Cl2N3O4S. The van der Waals surface area contributed by atoms with Crippen LogP contribution in [0.15, 0.2) is 66.4 Å². The van der Waals surface area contributed by atoms with Gasteiger partial charge in [0.05, 0.1) is 38.1 Å². The molecule has 1 aliphatic rings. The highest BCUT2D eigenvalue weighted by atomic mass is 35.5. The number of Topliss-reactive ketones (excluding diaryl/α,β-unsaturated/α-hetero) is 1. The molecule has 1 fully saturated rings. The number of thiazole rings is 1. The van der Waals surface area contributed by atoms with Gasteiger partial charge in [0, 0.05) is 11.8 Å². The van der Waals surface area contributed by atoms with Crippen LogP contribution in [0.4, 0.5) is 5.13 Å². The zero-order chi connectivity index (χ0) is 24.7. The molecule has 1 N–H and O–H groups in total. The lowest BCUT2D eigenvalue weighted by atomic mass is 9.98. The quantitative estimate of drug-likeness (QED) is 0.194. The highest BCUT2D eigenvalue weighted by Gasteiger charge is 2.48. The predicted octanol–water partition coefficient (Wildman–Crippen LogP) is 6.02. The van der Waals surface area contributed by atoms with Gasteiger partial charge in [-0.25, -0.2) is 4.98 Å². The van der Waals surface area contributed by atoms with Crippen LogP contribution in [0.5, 0.6) is 5.75 Å². The Balaban J connectivity index is 1.69.